The number of halogens is 2. The van der Waals surface area contributed by atoms with Crippen LogP contribution in [0.25, 0.3) is 11.2 Å². The summed E-state index contributed by atoms with van der Waals surface area (Å²) in [4.78, 5) is 44.4. The summed E-state index contributed by atoms with van der Waals surface area (Å²) in [7, 11) is 0. The fourth-order valence-electron chi connectivity index (χ4n) is 3.78. The number of carbonyl (C=O) groups excluding carboxylic acids is 2. The van der Waals surface area contributed by atoms with Crippen LogP contribution in [0.2, 0.25) is 0 Å². The zero-order valence-corrected chi connectivity index (χ0v) is 18.2. The predicted octanol–water partition coefficient (Wildman–Crippen LogP) is 1.09. The van der Waals surface area contributed by atoms with Gasteiger partial charge in [0.1, 0.15) is 24.0 Å². The van der Waals surface area contributed by atoms with E-state index in [4.69, 9.17) is 19.9 Å². The number of nitrogens with two attached hydrogens (primary N) is 1. The van der Waals surface area contributed by atoms with Gasteiger partial charge in [0.2, 0.25) is 5.95 Å². The number of hydrogen-bond acceptors (Lipinski definition) is 9. The third kappa shape index (κ3) is 4.46. The highest BCUT2D eigenvalue weighted by Crippen LogP contribution is 2.35. The molecule has 3 aromatic rings. The van der Waals surface area contributed by atoms with Gasteiger partial charge >= 0.3 is 17.6 Å². The summed E-state index contributed by atoms with van der Waals surface area (Å²) in [6, 6.07) is 5.50. The van der Waals surface area contributed by atoms with Crippen molar-refractivity contribution in [1.29, 1.82) is 0 Å². The molecule has 0 amide bonds. The number of anilines is 1. The first-order valence-electron chi connectivity index (χ1n) is 10.2. The first-order valence-corrected chi connectivity index (χ1v) is 10.2. The molecule has 0 saturated carbocycles. The number of hydrogen-bond donors (Lipinski definition) is 1. The van der Waals surface area contributed by atoms with Gasteiger partial charge in [0, 0.05) is 13.8 Å². The summed E-state index contributed by atoms with van der Waals surface area (Å²) < 4.78 is 46.5. The first-order chi connectivity index (χ1) is 16.2. The van der Waals surface area contributed by atoms with Crippen molar-refractivity contribution in [1.82, 2.24) is 19.1 Å². The zero-order chi connectivity index (χ0) is 24.6. The van der Waals surface area contributed by atoms with Crippen LogP contribution in [0, 0.1) is 5.82 Å². The van der Waals surface area contributed by atoms with Gasteiger partial charge in [0.05, 0.1) is 12.7 Å². The van der Waals surface area contributed by atoms with Gasteiger partial charge in [-0.2, -0.15) is 4.98 Å². The minimum absolute atomic E-state index is 0.0107. The third-order valence-corrected chi connectivity index (χ3v) is 5.25. The average Bonchev–Trinajstić information content (AvgIpc) is 3.21. The van der Waals surface area contributed by atoms with Crippen molar-refractivity contribution >= 4 is 29.1 Å². The molecule has 1 aliphatic rings. The highest BCUT2D eigenvalue weighted by Gasteiger charge is 2.50. The molecule has 2 N–H and O–H groups in total. The van der Waals surface area contributed by atoms with Crippen molar-refractivity contribution < 1.29 is 32.6 Å². The maximum atomic E-state index is 15.2. The second kappa shape index (κ2) is 9.17. The lowest BCUT2D eigenvalue weighted by Crippen LogP contribution is -2.37. The molecule has 4 atom stereocenters. The number of alkyl halides is 1. The van der Waals surface area contributed by atoms with Gasteiger partial charge < -0.3 is 19.9 Å². The Bertz CT molecular complexity index is 1290. The predicted molar refractivity (Wildman–Crippen MR) is 113 cm³/mol. The molecule has 0 aliphatic carbocycles. The molecule has 13 heteroatoms. The van der Waals surface area contributed by atoms with Gasteiger partial charge in [-0.05, 0) is 17.7 Å². The summed E-state index contributed by atoms with van der Waals surface area (Å²) in [5.74, 6) is -2.05. The number of nitrogens with zero attached hydrogens (tertiary/aromatic N) is 4. The number of imidazole rings is 1. The molecule has 34 heavy (non-hydrogen) atoms. The van der Waals surface area contributed by atoms with Crippen molar-refractivity contribution in [2.45, 2.75) is 45.0 Å². The Labute approximate surface area is 191 Å². The van der Waals surface area contributed by atoms with Crippen LogP contribution in [0.15, 0.2) is 35.3 Å². The molecular weight excluding hydrogens is 456 g/mol. The van der Waals surface area contributed by atoms with E-state index in [0.717, 1.165) is 18.4 Å². The van der Waals surface area contributed by atoms with Crippen LogP contribution >= 0.6 is 0 Å². The Hall–Kier alpha value is -3.87. The van der Waals surface area contributed by atoms with Crippen molar-refractivity contribution in [2.75, 3.05) is 12.3 Å². The van der Waals surface area contributed by atoms with Gasteiger partial charge in [-0.1, -0.05) is 12.1 Å². The molecule has 0 radical (unpaired) electrons. The second-order valence-electron chi connectivity index (χ2n) is 7.69. The summed E-state index contributed by atoms with van der Waals surface area (Å²) in [6.07, 6.45) is -4.86. The number of carbonyl (C=O) groups is 2. The van der Waals surface area contributed by atoms with Crippen LogP contribution in [0.4, 0.5) is 14.7 Å². The highest BCUT2D eigenvalue weighted by atomic mass is 19.1. The van der Waals surface area contributed by atoms with Crippen molar-refractivity contribution in [3.05, 3.63) is 52.3 Å². The van der Waals surface area contributed by atoms with E-state index in [0.29, 0.717) is 5.56 Å². The fourth-order valence-corrected chi connectivity index (χ4v) is 3.78. The summed E-state index contributed by atoms with van der Waals surface area (Å²) in [6.45, 7) is 1.79. The minimum atomic E-state index is -1.91. The average molecular weight is 477 g/mol. The molecule has 2 aromatic heterocycles. The maximum absolute atomic E-state index is 15.2. The number of esters is 2. The molecular formula is C21H21F2N5O6. The first kappa shape index (κ1) is 23.3. The third-order valence-electron chi connectivity index (χ3n) is 5.25. The van der Waals surface area contributed by atoms with E-state index in [1.54, 1.807) is 0 Å². The topological polar surface area (TPSA) is 141 Å². The monoisotopic (exact) mass is 477 g/mol. The molecule has 11 nitrogen and oxygen atoms in total. The van der Waals surface area contributed by atoms with E-state index in [1.807, 2.05) is 0 Å². The van der Waals surface area contributed by atoms with Gasteiger partial charge in [0.25, 0.3) is 0 Å². The van der Waals surface area contributed by atoms with Crippen molar-refractivity contribution in [3.63, 3.8) is 0 Å². The number of aromatic nitrogens is 4. The lowest BCUT2D eigenvalue weighted by molar-refractivity contribution is -0.154. The van der Waals surface area contributed by atoms with Gasteiger partial charge in [-0.15, -0.1) is 0 Å². The molecule has 1 saturated heterocycles. The lowest BCUT2D eigenvalue weighted by atomic mass is 10.1. The van der Waals surface area contributed by atoms with Crippen molar-refractivity contribution in [3.8, 4) is 0 Å². The number of fused-ring (bicyclic) bond motifs is 1. The molecule has 0 spiro atoms. The molecule has 4 rings (SSSR count). The Morgan fingerprint density at radius 2 is 1.91 bits per heavy atom. The van der Waals surface area contributed by atoms with Crippen LogP contribution in [0.5, 0.6) is 0 Å². The van der Waals surface area contributed by atoms with Crippen LogP contribution in [0.1, 0.15) is 25.6 Å². The van der Waals surface area contributed by atoms with E-state index in [1.165, 1.54) is 35.0 Å². The van der Waals surface area contributed by atoms with E-state index in [9.17, 15) is 18.8 Å². The standard InChI is InChI=1S/C21H21F2N5O6/c1-10(29)32-9-15-16(23)17(33-11(2)30)19(34-15)28-18-14(7-25-20(24)26-18)27(21(28)31)8-12-3-5-13(22)6-4-12/h3-7,15-17,19H,8-9H2,1-2H3,(H2,24,25,26)/t15-,16-,17-,19-/m1/s1. The zero-order valence-electron chi connectivity index (χ0n) is 18.2. The van der Waals surface area contributed by atoms with E-state index in [-0.39, 0.29) is 23.7 Å². The number of rotatable bonds is 6. The fraction of sp³-hybridized carbons (Fsp3) is 0.381. The Morgan fingerprint density at radius 3 is 2.56 bits per heavy atom. The van der Waals surface area contributed by atoms with Crippen LogP contribution in [-0.4, -0.2) is 56.0 Å². The maximum Gasteiger partial charge on any atom is 0.332 e. The quantitative estimate of drug-likeness (QED) is 0.517. The van der Waals surface area contributed by atoms with E-state index in [2.05, 4.69) is 9.97 Å². The van der Waals surface area contributed by atoms with Crippen LogP contribution < -0.4 is 11.4 Å². The Kier molecular flexibility index (Phi) is 6.28. The van der Waals surface area contributed by atoms with E-state index >= 15 is 4.39 Å². The van der Waals surface area contributed by atoms with Gasteiger partial charge in [-0.3, -0.25) is 14.2 Å². The number of benzene rings is 1. The highest BCUT2D eigenvalue weighted by molar-refractivity contribution is 5.72. The number of ether oxygens (including phenoxy) is 3. The van der Waals surface area contributed by atoms with E-state index < -0.39 is 54.7 Å². The molecule has 1 fully saturated rings. The van der Waals surface area contributed by atoms with Crippen LogP contribution in [0.3, 0.4) is 0 Å². The molecule has 0 bridgehead atoms. The lowest BCUT2D eigenvalue weighted by Gasteiger charge is -2.19. The molecule has 1 aromatic carbocycles. The molecule has 1 aliphatic heterocycles. The second-order valence-corrected chi connectivity index (χ2v) is 7.69. The molecule has 0 unspecified atom stereocenters. The normalized spacial score (nSPS) is 22.1. The Morgan fingerprint density at radius 1 is 1.21 bits per heavy atom. The Balaban J connectivity index is 1.81. The van der Waals surface area contributed by atoms with Gasteiger partial charge in [-0.25, -0.2) is 23.1 Å². The largest absolute Gasteiger partial charge is 0.463 e. The molecule has 3 heterocycles. The summed E-state index contributed by atoms with van der Waals surface area (Å²) in [5.41, 5.74) is 5.90. The summed E-state index contributed by atoms with van der Waals surface area (Å²) >= 11 is 0. The number of nitrogen functional groups attached to an aromatic ring is 1. The van der Waals surface area contributed by atoms with Gasteiger partial charge in [0.15, 0.2) is 24.2 Å². The smallest absolute Gasteiger partial charge is 0.332 e. The van der Waals surface area contributed by atoms with Crippen LogP contribution in [-0.2, 0) is 30.3 Å². The molecule has 180 valence electrons. The minimum Gasteiger partial charge on any atom is -0.463 e. The SMILES string of the molecule is CC(=O)OC[C@H]1O[C@@H](n2c(=O)n(Cc3ccc(F)cc3)c3cnc(N)nc32)[C@H](OC(C)=O)[C@@H]1F. The van der Waals surface area contributed by atoms with Crippen molar-refractivity contribution in [2.24, 2.45) is 0 Å². The summed E-state index contributed by atoms with van der Waals surface area (Å²) in [5, 5.41) is 0.